The highest BCUT2D eigenvalue weighted by Gasteiger charge is 2.06. The van der Waals surface area contributed by atoms with Gasteiger partial charge in [-0.3, -0.25) is 9.59 Å². The van der Waals surface area contributed by atoms with Crippen LogP contribution in [0.3, 0.4) is 0 Å². The molecule has 3 aromatic carbocycles. The van der Waals surface area contributed by atoms with Crippen LogP contribution in [0.1, 0.15) is 17.5 Å². The zero-order valence-electron chi connectivity index (χ0n) is 23.5. The third kappa shape index (κ3) is 8.54. The van der Waals surface area contributed by atoms with E-state index in [0.29, 0.717) is 22.6 Å². The standard InChI is InChI=1S/C21H20O6.C12H10N4/c1-26-20-11-14(5-9-18(20)24)3-7-16(22)13-17(23)8-4-15-6-10-19(25)21(12-15)27-2;1-2-4-9(5-3-1)16-12-10-6-7-13-11(10)14-8-15-12/h3-12,24-25H,13H2,1-2H3;1-8H,(H2,13,14,15,16)/b7-3+,8-4+;. The molecule has 218 valence electrons. The maximum Gasteiger partial charge on any atom is 0.163 e. The number of hydrogen-bond donors (Lipinski definition) is 4. The van der Waals surface area contributed by atoms with Crippen LogP contribution in [0.2, 0.25) is 0 Å². The lowest BCUT2D eigenvalue weighted by Gasteiger charge is -2.05. The van der Waals surface area contributed by atoms with Crippen LogP contribution >= 0.6 is 0 Å². The first-order valence-electron chi connectivity index (χ1n) is 13.1. The van der Waals surface area contributed by atoms with Gasteiger partial charge >= 0.3 is 0 Å². The summed E-state index contributed by atoms with van der Waals surface area (Å²) in [6.45, 7) is 0. The fourth-order valence-electron chi connectivity index (χ4n) is 3.89. The number of carbonyl (C=O) groups is 2. The molecule has 4 N–H and O–H groups in total. The third-order valence-corrected chi connectivity index (χ3v) is 6.07. The monoisotopic (exact) mass is 578 g/mol. The Balaban J connectivity index is 0.000000222. The maximum absolute atomic E-state index is 11.9. The number of aromatic hydroxyl groups is 2. The largest absolute Gasteiger partial charge is 0.504 e. The number of benzene rings is 3. The van der Waals surface area contributed by atoms with E-state index in [-0.39, 0.29) is 29.5 Å². The number of H-pyrrole nitrogens is 1. The number of rotatable bonds is 10. The average Bonchev–Trinajstić information content (AvgIpc) is 3.51. The molecular weight excluding hydrogens is 548 g/mol. The Kier molecular flexibility index (Phi) is 10.2. The first kappa shape index (κ1) is 30.1. The number of carbonyl (C=O) groups excluding carboxylic acids is 2. The highest BCUT2D eigenvalue weighted by atomic mass is 16.5. The van der Waals surface area contributed by atoms with Gasteiger partial charge < -0.3 is 30.0 Å². The summed E-state index contributed by atoms with van der Waals surface area (Å²) in [5, 5.41) is 23.3. The van der Waals surface area contributed by atoms with Gasteiger partial charge in [0.1, 0.15) is 17.8 Å². The molecule has 5 aromatic rings. The number of anilines is 2. The molecule has 0 saturated carbocycles. The van der Waals surface area contributed by atoms with E-state index in [1.807, 2.05) is 42.6 Å². The molecule has 0 fully saturated rings. The molecular formula is C33H30N4O6. The van der Waals surface area contributed by atoms with Gasteiger partial charge in [0, 0.05) is 11.9 Å². The van der Waals surface area contributed by atoms with Crippen molar-refractivity contribution in [3.8, 4) is 23.0 Å². The summed E-state index contributed by atoms with van der Waals surface area (Å²) in [4.78, 5) is 35.3. The van der Waals surface area contributed by atoms with E-state index in [2.05, 4.69) is 20.3 Å². The Labute approximate surface area is 248 Å². The van der Waals surface area contributed by atoms with Crippen LogP contribution in [-0.4, -0.2) is 51.0 Å². The van der Waals surface area contributed by atoms with Crippen molar-refractivity contribution in [2.75, 3.05) is 19.5 Å². The molecule has 0 amide bonds. The van der Waals surface area contributed by atoms with E-state index in [4.69, 9.17) is 9.47 Å². The Morgan fingerprint density at radius 2 is 1.40 bits per heavy atom. The van der Waals surface area contributed by atoms with Crippen LogP contribution in [0.5, 0.6) is 23.0 Å². The first-order valence-corrected chi connectivity index (χ1v) is 13.1. The van der Waals surface area contributed by atoms with Crippen LogP contribution in [0.25, 0.3) is 23.2 Å². The summed E-state index contributed by atoms with van der Waals surface area (Å²) in [7, 11) is 2.87. The topological polar surface area (TPSA) is 147 Å². The Morgan fingerprint density at radius 3 is 1.95 bits per heavy atom. The predicted molar refractivity (Wildman–Crippen MR) is 166 cm³/mol. The highest BCUT2D eigenvalue weighted by Crippen LogP contribution is 2.28. The van der Waals surface area contributed by atoms with E-state index in [0.717, 1.165) is 22.5 Å². The van der Waals surface area contributed by atoms with E-state index < -0.39 is 0 Å². The third-order valence-electron chi connectivity index (χ3n) is 6.07. The number of ether oxygens (including phenoxy) is 2. The van der Waals surface area contributed by atoms with Crippen molar-refractivity contribution in [3.63, 3.8) is 0 Å². The molecule has 0 saturated heterocycles. The fraction of sp³-hybridized carbons (Fsp3) is 0.0909. The van der Waals surface area contributed by atoms with Crippen LogP contribution in [0.15, 0.2) is 97.5 Å². The zero-order valence-corrected chi connectivity index (χ0v) is 23.5. The number of fused-ring (bicyclic) bond motifs is 1. The van der Waals surface area contributed by atoms with Crippen molar-refractivity contribution in [2.45, 2.75) is 6.42 Å². The van der Waals surface area contributed by atoms with Gasteiger partial charge in [-0.15, -0.1) is 0 Å². The molecule has 2 aromatic heterocycles. The van der Waals surface area contributed by atoms with Crippen molar-refractivity contribution in [2.24, 2.45) is 0 Å². The fourth-order valence-corrected chi connectivity index (χ4v) is 3.89. The summed E-state index contributed by atoms with van der Waals surface area (Å²) < 4.78 is 10.00. The number of phenolic OH excluding ortho intramolecular Hbond substituents is 2. The van der Waals surface area contributed by atoms with E-state index in [1.54, 1.807) is 42.7 Å². The van der Waals surface area contributed by atoms with Gasteiger partial charge in [0.2, 0.25) is 0 Å². The van der Waals surface area contributed by atoms with Gasteiger partial charge in [0.25, 0.3) is 0 Å². The van der Waals surface area contributed by atoms with E-state index >= 15 is 0 Å². The Bertz CT molecular complexity index is 1690. The number of nitrogens with one attached hydrogen (secondary N) is 2. The number of nitrogens with zero attached hydrogens (tertiary/aromatic N) is 2. The van der Waals surface area contributed by atoms with Crippen molar-refractivity contribution in [3.05, 3.63) is 109 Å². The molecule has 10 heteroatoms. The maximum atomic E-state index is 11.9. The van der Waals surface area contributed by atoms with Crippen molar-refractivity contribution < 1.29 is 29.3 Å². The second-order valence-corrected chi connectivity index (χ2v) is 9.09. The van der Waals surface area contributed by atoms with Gasteiger partial charge in [-0.25, -0.2) is 9.97 Å². The molecule has 0 unspecified atom stereocenters. The summed E-state index contributed by atoms with van der Waals surface area (Å²) >= 11 is 0. The average molecular weight is 579 g/mol. The molecule has 0 spiro atoms. The lowest BCUT2D eigenvalue weighted by Crippen LogP contribution is -2.01. The minimum atomic E-state index is -0.347. The molecule has 0 radical (unpaired) electrons. The first-order chi connectivity index (χ1) is 20.9. The number of aromatic amines is 1. The molecule has 43 heavy (non-hydrogen) atoms. The van der Waals surface area contributed by atoms with Crippen LogP contribution in [0.4, 0.5) is 11.5 Å². The Morgan fingerprint density at radius 1 is 0.814 bits per heavy atom. The van der Waals surface area contributed by atoms with Crippen molar-refractivity contribution in [1.82, 2.24) is 15.0 Å². The lowest BCUT2D eigenvalue weighted by molar-refractivity contribution is -0.121. The molecule has 0 atom stereocenters. The van der Waals surface area contributed by atoms with Gasteiger partial charge in [-0.2, -0.15) is 0 Å². The molecule has 0 aliphatic heterocycles. The highest BCUT2D eigenvalue weighted by molar-refractivity contribution is 6.10. The summed E-state index contributed by atoms with van der Waals surface area (Å²) in [6.07, 6.45) is 8.84. The van der Waals surface area contributed by atoms with Gasteiger partial charge in [0.15, 0.2) is 34.6 Å². The van der Waals surface area contributed by atoms with Crippen LogP contribution in [0, 0.1) is 0 Å². The molecule has 5 rings (SSSR count). The number of aromatic nitrogens is 3. The summed E-state index contributed by atoms with van der Waals surface area (Å²) in [5.74, 6) is 0.734. The van der Waals surface area contributed by atoms with Crippen molar-refractivity contribution >= 4 is 46.3 Å². The predicted octanol–water partition coefficient (Wildman–Crippen LogP) is 6.07. The number of para-hydroxylation sites is 1. The number of methoxy groups -OCH3 is 2. The second-order valence-electron chi connectivity index (χ2n) is 9.09. The molecule has 2 heterocycles. The summed E-state index contributed by atoms with van der Waals surface area (Å²) in [5.41, 5.74) is 3.19. The van der Waals surface area contributed by atoms with Crippen LogP contribution in [-0.2, 0) is 9.59 Å². The number of allylic oxidation sites excluding steroid dienone is 2. The van der Waals surface area contributed by atoms with E-state index in [9.17, 15) is 19.8 Å². The van der Waals surface area contributed by atoms with Gasteiger partial charge in [-0.1, -0.05) is 42.5 Å². The van der Waals surface area contributed by atoms with E-state index in [1.165, 1.54) is 38.5 Å². The molecule has 10 nitrogen and oxygen atoms in total. The zero-order chi connectivity index (χ0) is 30.6. The molecule has 0 bridgehead atoms. The Hall–Kier alpha value is -5.90. The number of phenols is 2. The smallest absolute Gasteiger partial charge is 0.163 e. The molecule has 0 aliphatic carbocycles. The van der Waals surface area contributed by atoms with Gasteiger partial charge in [-0.05, 0) is 65.7 Å². The number of ketones is 2. The van der Waals surface area contributed by atoms with Gasteiger partial charge in [0.05, 0.1) is 26.0 Å². The lowest BCUT2D eigenvalue weighted by atomic mass is 10.1. The normalized spacial score (nSPS) is 10.8. The SMILES string of the molecule is COc1cc(/C=C/C(=O)CC(=O)/C=C/c2ccc(O)c(OC)c2)ccc1O.c1ccc(Nc2ncnc3[nH]ccc23)cc1. The molecule has 0 aliphatic rings. The quantitative estimate of drug-likeness (QED) is 0.114. The van der Waals surface area contributed by atoms with Crippen LogP contribution < -0.4 is 14.8 Å². The minimum Gasteiger partial charge on any atom is -0.504 e. The number of hydrogen-bond acceptors (Lipinski definition) is 9. The summed E-state index contributed by atoms with van der Waals surface area (Å²) in [6, 6.07) is 21.3. The second kappa shape index (κ2) is 14.6. The minimum absolute atomic E-state index is 0.00662. The van der Waals surface area contributed by atoms with Crippen molar-refractivity contribution in [1.29, 1.82) is 0 Å².